The molecule has 1 aromatic carbocycles. The number of aromatic nitrogens is 1. The Balaban J connectivity index is 1.42. The maximum absolute atomic E-state index is 13.2. The molecule has 0 bridgehead atoms. The monoisotopic (exact) mass is 445 g/mol. The Bertz CT molecular complexity index is 842. The summed E-state index contributed by atoms with van der Waals surface area (Å²) in [6, 6.07) is 7.93. The van der Waals surface area contributed by atoms with Crippen molar-refractivity contribution in [3.05, 3.63) is 45.9 Å². The van der Waals surface area contributed by atoms with E-state index in [0.29, 0.717) is 0 Å². The Morgan fingerprint density at radius 1 is 1.23 bits per heavy atom. The molecule has 2 aliphatic rings. The molecular weight excluding hydrogens is 414 g/mol. The highest BCUT2D eigenvalue weighted by Crippen LogP contribution is 2.34. The molecule has 0 unspecified atom stereocenters. The van der Waals surface area contributed by atoms with E-state index in [4.69, 9.17) is 4.74 Å². The molecule has 1 amide bonds. The second-order valence-corrected chi connectivity index (χ2v) is 10.3. The van der Waals surface area contributed by atoms with E-state index in [9.17, 15) is 4.79 Å². The largest absolute Gasteiger partial charge is 0.379 e. The smallest absolute Gasteiger partial charge is 0.252 e. The van der Waals surface area contributed by atoms with Crippen molar-refractivity contribution < 1.29 is 9.53 Å². The van der Waals surface area contributed by atoms with E-state index in [1.54, 1.807) is 23.1 Å². The summed E-state index contributed by atoms with van der Waals surface area (Å²) < 4.78 is 5.57. The van der Waals surface area contributed by atoms with Crippen molar-refractivity contribution in [2.45, 2.75) is 55.2 Å². The van der Waals surface area contributed by atoms with E-state index in [2.05, 4.69) is 20.6 Å². The lowest BCUT2D eigenvalue weighted by Gasteiger charge is -2.48. The van der Waals surface area contributed by atoms with Crippen LogP contribution in [0, 0.1) is 6.92 Å². The molecule has 0 radical (unpaired) electrons. The molecule has 2 aromatic rings. The molecule has 30 heavy (non-hydrogen) atoms. The highest BCUT2D eigenvalue weighted by atomic mass is 32.2. The molecule has 1 saturated heterocycles. The lowest BCUT2D eigenvalue weighted by molar-refractivity contribution is -0.0361. The van der Waals surface area contributed by atoms with Crippen molar-refractivity contribution in [3.63, 3.8) is 0 Å². The molecule has 1 aliphatic heterocycles. The minimum absolute atomic E-state index is 0.0331. The molecular formula is C23H31N3O2S2. The first kappa shape index (κ1) is 21.8. The van der Waals surface area contributed by atoms with Crippen molar-refractivity contribution in [1.82, 2.24) is 15.2 Å². The molecule has 1 aliphatic carbocycles. The van der Waals surface area contributed by atoms with Gasteiger partial charge in [-0.2, -0.15) is 0 Å². The average molecular weight is 446 g/mol. The molecule has 2 fully saturated rings. The number of hydrogen-bond donors (Lipinski definition) is 1. The highest BCUT2D eigenvalue weighted by molar-refractivity contribution is 7.98. The number of nitrogens with zero attached hydrogens (tertiary/aromatic N) is 2. The van der Waals surface area contributed by atoms with Gasteiger partial charge in [-0.05, 0) is 31.9 Å². The first-order valence-electron chi connectivity index (χ1n) is 10.9. The lowest BCUT2D eigenvalue weighted by Crippen LogP contribution is -2.59. The average Bonchev–Trinajstić information content (AvgIpc) is 3.22. The standard InChI is InChI=1S/C23H31N3O2S2/c1-18-25-19(15-29-18)16-30-21-8-4-3-7-20(21)22(27)24-17-23(9-5-2-6-10-23)26-11-13-28-14-12-26/h3-4,7-8,15H,2,5-6,9-14,16-17H2,1H3,(H,24,27). The molecule has 5 nitrogen and oxygen atoms in total. The number of carbonyl (C=O) groups is 1. The van der Waals surface area contributed by atoms with E-state index in [-0.39, 0.29) is 11.4 Å². The Morgan fingerprint density at radius 3 is 2.73 bits per heavy atom. The minimum atomic E-state index is 0.0331. The topological polar surface area (TPSA) is 54.5 Å². The number of carbonyl (C=O) groups excluding carboxylic acids is 1. The lowest BCUT2D eigenvalue weighted by atomic mass is 9.79. The van der Waals surface area contributed by atoms with Crippen LogP contribution in [0.2, 0.25) is 0 Å². The molecule has 7 heteroatoms. The summed E-state index contributed by atoms with van der Waals surface area (Å²) in [5.74, 6) is 0.817. The number of ether oxygens (including phenoxy) is 1. The molecule has 2 heterocycles. The van der Waals surface area contributed by atoms with Crippen molar-refractivity contribution >= 4 is 29.0 Å². The third-order valence-electron chi connectivity index (χ3n) is 6.22. The van der Waals surface area contributed by atoms with Gasteiger partial charge in [-0.25, -0.2) is 4.98 Å². The summed E-state index contributed by atoms with van der Waals surface area (Å²) in [7, 11) is 0. The van der Waals surface area contributed by atoms with E-state index < -0.39 is 0 Å². The number of nitrogens with one attached hydrogen (secondary N) is 1. The van der Waals surface area contributed by atoms with Crippen molar-refractivity contribution in [3.8, 4) is 0 Å². The van der Waals surface area contributed by atoms with Crippen LogP contribution in [-0.4, -0.2) is 54.2 Å². The van der Waals surface area contributed by atoms with Gasteiger partial charge < -0.3 is 10.1 Å². The van der Waals surface area contributed by atoms with Crippen LogP contribution in [0.4, 0.5) is 0 Å². The second kappa shape index (κ2) is 10.3. The maximum atomic E-state index is 13.2. The molecule has 0 atom stereocenters. The van der Waals surface area contributed by atoms with Gasteiger partial charge in [0.1, 0.15) is 0 Å². The third-order valence-corrected chi connectivity index (χ3v) is 8.15. The zero-order chi connectivity index (χ0) is 20.8. The summed E-state index contributed by atoms with van der Waals surface area (Å²) in [6.07, 6.45) is 6.11. The number of hydrogen-bond acceptors (Lipinski definition) is 6. The predicted molar refractivity (Wildman–Crippen MR) is 123 cm³/mol. The van der Waals surface area contributed by atoms with Crippen LogP contribution in [0.1, 0.15) is 53.2 Å². The second-order valence-electron chi connectivity index (χ2n) is 8.21. The summed E-state index contributed by atoms with van der Waals surface area (Å²) in [4.78, 5) is 21.3. The SMILES string of the molecule is Cc1nc(CSc2ccccc2C(=O)NCC2(N3CCOCC3)CCCCC2)cs1. The summed E-state index contributed by atoms with van der Waals surface area (Å²) in [5, 5.41) is 6.48. The fraction of sp³-hybridized carbons (Fsp3) is 0.565. The number of amides is 1. The Kier molecular flexibility index (Phi) is 7.46. The van der Waals surface area contributed by atoms with Crippen LogP contribution in [0.15, 0.2) is 34.5 Å². The van der Waals surface area contributed by atoms with Crippen molar-refractivity contribution in [2.24, 2.45) is 0 Å². The number of morpholine rings is 1. The Labute approximate surface area is 187 Å². The van der Waals surface area contributed by atoms with Crippen LogP contribution in [0.3, 0.4) is 0 Å². The predicted octanol–water partition coefficient (Wildman–Crippen LogP) is 4.51. The quantitative estimate of drug-likeness (QED) is 0.636. The van der Waals surface area contributed by atoms with Gasteiger partial charge in [-0.1, -0.05) is 31.4 Å². The Morgan fingerprint density at radius 2 is 2.00 bits per heavy atom. The van der Waals surface area contributed by atoms with Gasteiger partial charge in [-0.3, -0.25) is 9.69 Å². The van der Waals surface area contributed by atoms with E-state index in [0.717, 1.165) is 72.6 Å². The zero-order valence-corrected chi connectivity index (χ0v) is 19.3. The van der Waals surface area contributed by atoms with Gasteiger partial charge in [0, 0.05) is 41.2 Å². The van der Waals surface area contributed by atoms with Crippen LogP contribution in [0.25, 0.3) is 0 Å². The first-order chi connectivity index (χ1) is 14.7. The fourth-order valence-corrected chi connectivity index (χ4v) is 6.26. The summed E-state index contributed by atoms with van der Waals surface area (Å²) >= 11 is 3.36. The number of thioether (sulfide) groups is 1. The third kappa shape index (κ3) is 5.25. The molecule has 1 N–H and O–H groups in total. The van der Waals surface area contributed by atoms with Gasteiger partial charge in [-0.15, -0.1) is 23.1 Å². The maximum Gasteiger partial charge on any atom is 0.252 e. The van der Waals surface area contributed by atoms with Crippen LogP contribution in [0.5, 0.6) is 0 Å². The van der Waals surface area contributed by atoms with Crippen LogP contribution in [-0.2, 0) is 10.5 Å². The van der Waals surface area contributed by atoms with E-state index in [1.807, 2.05) is 31.2 Å². The van der Waals surface area contributed by atoms with Crippen molar-refractivity contribution in [1.29, 1.82) is 0 Å². The highest BCUT2D eigenvalue weighted by Gasteiger charge is 2.38. The van der Waals surface area contributed by atoms with Crippen LogP contribution >= 0.6 is 23.1 Å². The molecule has 1 aromatic heterocycles. The first-order valence-corrected chi connectivity index (χ1v) is 12.8. The van der Waals surface area contributed by atoms with Gasteiger partial charge in [0.05, 0.1) is 29.5 Å². The zero-order valence-electron chi connectivity index (χ0n) is 17.7. The number of aryl methyl sites for hydroxylation is 1. The number of thiazole rings is 1. The molecule has 0 spiro atoms. The van der Waals surface area contributed by atoms with Crippen molar-refractivity contribution in [2.75, 3.05) is 32.8 Å². The summed E-state index contributed by atoms with van der Waals surface area (Å²) in [6.45, 7) is 6.27. The molecule has 1 saturated carbocycles. The minimum Gasteiger partial charge on any atom is -0.379 e. The Hall–Kier alpha value is -1.41. The molecule has 4 rings (SSSR count). The van der Waals surface area contributed by atoms with Gasteiger partial charge >= 0.3 is 0 Å². The fourth-order valence-electron chi connectivity index (χ4n) is 4.60. The summed E-state index contributed by atoms with van der Waals surface area (Å²) in [5.41, 5.74) is 1.92. The van der Waals surface area contributed by atoms with E-state index >= 15 is 0 Å². The van der Waals surface area contributed by atoms with Gasteiger partial charge in [0.15, 0.2) is 0 Å². The van der Waals surface area contributed by atoms with E-state index in [1.165, 1.54) is 19.3 Å². The number of rotatable bonds is 7. The van der Waals surface area contributed by atoms with Crippen LogP contribution < -0.4 is 5.32 Å². The normalized spacial score (nSPS) is 19.5. The number of benzene rings is 1. The molecule has 162 valence electrons. The van der Waals surface area contributed by atoms with Gasteiger partial charge in [0.25, 0.3) is 5.91 Å². The van der Waals surface area contributed by atoms with Gasteiger partial charge in [0.2, 0.25) is 0 Å².